The van der Waals surface area contributed by atoms with E-state index in [1.54, 1.807) is 13.2 Å². The molecule has 0 aliphatic carbocycles. The van der Waals surface area contributed by atoms with Crippen molar-refractivity contribution >= 4 is 11.3 Å². The third-order valence-electron chi connectivity index (χ3n) is 3.19. The smallest absolute Gasteiger partial charge is 0.279 e. The summed E-state index contributed by atoms with van der Waals surface area (Å²) in [5, 5.41) is 4.10. The van der Waals surface area contributed by atoms with E-state index in [4.69, 9.17) is 0 Å². The maximum Gasteiger partial charge on any atom is 0.279 e. The average molecular weight is 283 g/mol. The highest BCUT2D eigenvalue weighted by Crippen LogP contribution is 2.21. The predicted molar refractivity (Wildman–Crippen MR) is 76.2 cm³/mol. The molecule has 3 aromatic heterocycles. The SMILES string of the molecule is CC(=O)c1nc(-c2cc(C)ccn2)c2c(=O)n(C)cnn12. The number of rotatable bonds is 2. The van der Waals surface area contributed by atoms with Gasteiger partial charge in [-0.15, -0.1) is 0 Å². The van der Waals surface area contributed by atoms with Crippen molar-refractivity contribution in [2.75, 3.05) is 0 Å². The van der Waals surface area contributed by atoms with E-state index in [2.05, 4.69) is 15.1 Å². The van der Waals surface area contributed by atoms with Crippen LogP contribution in [0.15, 0.2) is 29.5 Å². The Kier molecular flexibility index (Phi) is 2.90. The van der Waals surface area contributed by atoms with Gasteiger partial charge in [0.1, 0.15) is 12.0 Å². The number of hydrogen-bond donors (Lipinski definition) is 0. The fraction of sp³-hybridized carbons (Fsp3) is 0.214. The largest absolute Gasteiger partial charge is 0.299 e. The molecule has 0 atom stereocenters. The van der Waals surface area contributed by atoms with Gasteiger partial charge in [-0.25, -0.2) is 9.50 Å². The van der Waals surface area contributed by atoms with Crippen molar-refractivity contribution in [3.63, 3.8) is 0 Å². The Morgan fingerprint density at radius 3 is 2.76 bits per heavy atom. The summed E-state index contributed by atoms with van der Waals surface area (Å²) in [6.45, 7) is 3.31. The minimum atomic E-state index is -0.275. The monoisotopic (exact) mass is 283 g/mol. The van der Waals surface area contributed by atoms with Crippen molar-refractivity contribution in [3.05, 3.63) is 46.4 Å². The van der Waals surface area contributed by atoms with E-state index in [0.717, 1.165) is 5.56 Å². The minimum absolute atomic E-state index is 0.126. The van der Waals surface area contributed by atoms with Crippen molar-refractivity contribution in [1.29, 1.82) is 0 Å². The maximum atomic E-state index is 12.4. The summed E-state index contributed by atoms with van der Waals surface area (Å²) in [6.07, 6.45) is 3.00. The molecule has 0 fully saturated rings. The summed E-state index contributed by atoms with van der Waals surface area (Å²) < 4.78 is 2.63. The quantitative estimate of drug-likeness (QED) is 0.655. The Morgan fingerprint density at radius 2 is 2.10 bits per heavy atom. The van der Waals surface area contributed by atoms with Gasteiger partial charge in [0.2, 0.25) is 0 Å². The lowest BCUT2D eigenvalue weighted by molar-refractivity contribution is 0.100. The number of carbonyl (C=O) groups is 1. The van der Waals surface area contributed by atoms with E-state index in [-0.39, 0.29) is 22.7 Å². The number of carbonyl (C=O) groups excluding carboxylic acids is 1. The zero-order valence-electron chi connectivity index (χ0n) is 11.9. The van der Waals surface area contributed by atoms with Crippen molar-refractivity contribution in [2.45, 2.75) is 13.8 Å². The number of imidazole rings is 1. The van der Waals surface area contributed by atoms with Gasteiger partial charge in [0, 0.05) is 20.2 Å². The van der Waals surface area contributed by atoms with E-state index in [1.807, 2.05) is 19.1 Å². The lowest BCUT2D eigenvalue weighted by atomic mass is 10.2. The lowest BCUT2D eigenvalue weighted by Gasteiger charge is -2.00. The molecule has 0 saturated carbocycles. The maximum absolute atomic E-state index is 12.4. The number of nitrogens with zero attached hydrogens (tertiary/aromatic N) is 5. The zero-order valence-corrected chi connectivity index (χ0v) is 11.9. The Morgan fingerprint density at radius 1 is 1.33 bits per heavy atom. The fourth-order valence-electron chi connectivity index (χ4n) is 2.14. The van der Waals surface area contributed by atoms with E-state index in [1.165, 1.54) is 22.3 Å². The second-order valence-electron chi connectivity index (χ2n) is 4.87. The molecule has 0 aliphatic heterocycles. The molecular weight excluding hydrogens is 270 g/mol. The van der Waals surface area contributed by atoms with Crippen LogP contribution in [0.1, 0.15) is 23.1 Å². The van der Waals surface area contributed by atoms with Gasteiger partial charge in [0.25, 0.3) is 5.56 Å². The van der Waals surface area contributed by atoms with Crippen LogP contribution in [0.4, 0.5) is 0 Å². The first-order valence-corrected chi connectivity index (χ1v) is 6.37. The summed E-state index contributed by atoms with van der Waals surface area (Å²) in [5.41, 5.74) is 1.89. The van der Waals surface area contributed by atoms with E-state index in [9.17, 15) is 9.59 Å². The summed E-state index contributed by atoms with van der Waals surface area (Å²) in [7, 11) is 1.60. The first-order chi connectivity index (χ1) is 9.99. The van der Waals surface area contributed by atoms with Gasteiger partial charge < -0.3 is 0 Å². The number of aromatic nitrogens is 5. The molecule has 0 unspecified atom stereocenters. The first kappa shape index (κ1) is 13.2. The third kappa shape index (κ3) is 2.03. The van der Waals surface area contributed by atoms with Crippen LogP contribution in [0.2, 0.25) is 0 Å². The molecular formula is C14H13N5O2. The molecule has 106 valence electrons. The van der Waals surface area contributed by atoms with E-state index in [0.29, 0.717) is 11.4 Å². The average Bonchev–Trinajstić information content (AvgIpc) is 2.83. The second-order valence-corrected chi connectivity index (χ2v) is 4.87. The van der Waals surface area contributed by atoms with Crippen LogP contribution in [0.3, 0.4) is 0 Å². The number of fused-ring (bicyclic) bond motifs is 1. The van der Waals surface area contributed by atoms with Crippen molar-refractivity contribution < 1.29 is 4.79 Å². The molecule has 7 nitrogen and oxygen atoms in total. The Balaban J connectivity index is 2.45. The minimum Gasteiger partial charge on any atom is -0.299 e. The fourth-order valence-corrected chi connectivity index (χ4v) is 2.14. The molecule has 0 saturated heterocycles. The van der Waals surface area contributed by atoms with Crippen LogP contribution >= 0.6 is 0 Å². The van der Waals surface area contributed by atoms with Crippen LogP contribution in [-0.2, 0) is 7.05 Å². The van der Waals surface area contributed by atoms with Crippen molar-refractivity contribution in [1.82, 2.24) is 24.1 Å². The molecule has 21 heavy (non-hydrogen) atoms. The molecule has 0 amide bonds. The summed E-state index contributed by atoms with van der Waals surface area (Å²) in [4.78, 5) is 32.6. The van der Waals surface area contributed by atoms with Gasteiger partial charge in [-0.1, -0.05) is 0 Å². The first-order valence-electron chi connectivity index (χ1n) is 6.37. The van der Waals surface area contributed by atoms with Crippen LogP contribution in [0.25, 0.3) is 16.9 Å². The van der Waals surface area contributed by atoms with Gasteiger partial charge in [0.15, 0.2) is 17.1 Å². The molecule has 0 N–H and O–H groups in total. The Bertz CT molecular complexity index is 923. The van der Waals surface area contributed by atoms with Crippen LogP contribution in [-0.4, -0.2) is 29.9 Å². The van der Waals surface area contributed by atoms with Crippen molar-refractivity contribution in [2.24, 2.45) is 7.05 Å². The third-order valence-corrected chi connectivity index (χ3v) is 3.19. The van der Waals surface area contributed by atoms with Crippen LogP contribution in [0, 0.1) is 6.92 Å². The van der Waals surface area contributed by atoms with Crippen LogP contribution in [0.5, 0.6) is 0 Å². The zero-order chi connectivity index (χ0) is 15.1. The molecule has 3 heterocycles. The number of ketones is 1. The van der Waals surface area contributed by atoms with Gasteiger partial charge >= 0.3 is 0 Å². The Labute approximate surface area is 119 Å². The molecule has 3 rings (SSSR count). The summed E-state index contributed by atoms with van der Waals surface area (Å²) in [6, 6.07) is 3.67. The molecule has 0 radical (unpaired) electrons. The highest BCUT2D eigenvalue weighted by Gasteiger charge is 2.20. The van der Waals surface area contributed by atoms with E-state index < -0.39 is 0 Å². The van der Waals surface area contributed by atoms with Crippen molar-refractivity contribution in [3.8, 4) is 11.4 Å². The van der Waals surface area contributed by atoms with Gasteiger partial charge in [-0.3, -0.25) is 19.1 Å². The molecule has 0 aromatic carbocycles. The highest BCUT2D eigenvalue weighted by atomic mass is 16.1. The van der Waals surface area contributed by atoms with Gasteiger partial charge in [-0.05, 0) is 24.6 Å². The topological polar surface area (TPSA) is 82.1 Å². The lowest BCUT2D eigenvalue weighted by Crippen LogP contribution is -2.21. The molecule has 0 bridgehead atoms. The number of aryl methyl sites for hydroxylation is 2. The molecule has 0 aliphatic rings. The molecule has 0 spiro atoms. The standard InChI is InChI=1S/C14H13N5O2/c1-8-4-5-15-10(6-8)11-12-14(21)18(3)7-16-19(12)13(17-11)9(2)20/h4-7H,1-3H3. The van der Waals surface area contributed by atoms with Crippen LogP contribution < -0.4 is 5.56 Å². The normalized spacial score (nSPS) is 11.0. The van der Waals surface area contributed by atoms with Gasteiger partial charge in [0.05, 0.1) is 5.69 Å². The number of hydrogen-bond acceptors (Lipinski definition) is 5. The molecule has 7 heteroatoms. The Hall–Kier alpha value is -2.83. The predicted octanol–water partition coefficient (Wildman–Crippen LogP) is 1.00. The number of pyridine rings is 1. The van der Waals surface area contributed by atoms with E-state index >= 15 is 0 Å². The summed E-state index contributed by atoms with van der Waals surface area (Å²) >= 11 is 0. The molecule has 3 aromatic rings. The van der Waals surface area contributed by atoms with Gasteiger partial charge in [-0.2, -0.15) is 5.10 Å². The highest BCUT2D eigenvalue weighted by molar-refractivity contribution is 5.93. The number of Topliss-reactive ketones (excluding diaryl/α,β-unsaturated/α-hetero) is 1. The summed E-state index contributed by atoms with van der Waals surface area (Å²) in [5.74, 6) is -0.134. The second kappa shape index (κ2) is 4.62.